The zero-order valence-corrected chi connectivity index (χ0v) is 13.6. The van der Waals surface area contributed by atoms with Crippen LogP contribution < -0.4 is 11.1 Å². The maximum Gasteiger partial charge on any atom is 0.245 e. The van der Waals surface area contributed by atoms with Crippen molar-refractivity contribution in [2.24, 2.45) is 5.73 Å². The molecule has 1 unspecified atom stereocenters. The summed E-state index contributed by atoms with van der Waals surface area (Å²) in [5, 5.41) is 5.05. The molecule has 0 spiro atoms. The molecule has 0 fully saturated rings. The number of nitrogens with zero attached hydrogens (tertiary/aromatic N) is 1. The molecule has 2 heterocycles. The third-order valence-electron chi connectivity index (χ3n) is 2.73. The number of aryl methyl sites for hydroxylation is 2. The SMILES string of the molecule is COCC(N)C(=O)Nc1nc(-c2cc(C)oc2C)cs1.Cl. The van der Waals surface area contributed by atoms with Crippen LogP contribution in [-0.2, 0) is 9.53 Å². The third-order valence-corrected chi connectivity index (χ3v) is 3.49. The summed E-state index contributed by atoms with van der Waals surface area (Å²) >= 11 is 1.35. The minimum atomic E-state index is -0.703. The van der Waals surface area contributed by atoms with E-state index in [2.05, 4.69) is 10.3 Å². The summed E-state index contributed by atoms with van der Waals surface area (Å²) in [7, 11) is 1.50. The Balaban J connectivity index is 0.00000220. The van der Waals surface area contributed by atoms with Crippen LogP contribution in [0.3, 0.4) is 0 Å². The van der Waals surface area contributed by atoms with Gasteiger partial charge in [-0.3, -0.25) is 4.79 Å². The van der Waals surface area contributed by atoms with Crippen molar-refractivity contribution in [3.8, 4) is 11.3 Å². The van der Waals surface area contributed by atoms with Crippen LogP contribution in [0.5, 0.6) is 0 Å². The predicted molar refractivity (Wildman–Crippen MR) is 85.0 cm³/mol. The molecule has 0 aliphatic rings. The van der Waals surface area contributed by atoms with E-state index in [1.165, 1.54) is 18.4 Å². The number of carbonyl (C=O) groups is 1. The van der Waals surface area contributed by atoms with E-state index >= 15 is 0 Å². The number of amides is 1. The van der Waals surface area contributed by atoms with Crippen molar-refractivity contribution in [3.05, 3.63) is 23.0 Å². The van der Waals surface area contributed by atoms with Gasteiger partial charge >= 0.3 is 0 Å². The van der Waals surface area contributed by atoms with Crippen molar-refractivity contribution < 1.29 is 13.9 Å². The molecule has 21 heavy (non-hydrogen) atoms. The molecule has 6 nitrogen and oxygen atoms in total. The van der Waals surface area contributed by atoms with Crippen LogP contribution in [0.1, 0.15) is 11.5 Å². The molecule has 1 amide bonds. The van der Waals surface area contributed by atoms with Crippen LogP contribution in [0, 0.1) is 13.8 Å². The lowest BCUT2D eigenvalue weighted by molar-refractivity contribution is -0.118. The second-order valence-electron chi connectivity index (χ2n) is 4.42. The number of nitrogens with two attached hydrogens (primary N) is 1. The van der Waals surface area contributed by atoms with Gasteiger partial charge in [0.1, 0.15) is 17.6 Å². The first-order chi connectivity index (χ1) is 9.51. The standard InChI is InChI=1S/C13H17N3O3S.ClH/c1-7-4-9(8(2)19-7)11-6-20-13(15-11)16-12(17)10(14)5-18-3;/h4,6,10H,5,14H2,1-3H3,(H,15,16,17);1H. The summed E-state index contributed by atoms with van der Waals surface area (Å²) < 4.78 is 10.3. The Morgan fingerprint density at radius 1 is 1.57 bits per heavy atom. The van der Waals surface area contributed by atoms with Gasteiger partial charge in [0.05, 0.1) is 12.3 Å². The van der Waals surface area contributed by atoms with E-state index < -0.39 is 6.04 Å². The maximum absolute atomic E-state index is 11.8. The zero-order valence-electron chi connectivity index (χ0n) is 12.0. The van der Waals surface area contributed by atoms with Crippen LogP contribution in [0.4, 0.5) is 5.13 Å². The molecule has 2 rings (SSSR count). The Hall–Kier alpha value is -1.41. The van der Waals surface area contributed by atoms with Gasteiger partial charge in [-0.2, -0.15) is 0 Å². The highest BCUT2D eigenvalue weighted by Gasteiger charge is 2.16. The van der Waals surface area contributed by atoms with E-state index in [-0.39, 0.29) is 24.9 Å². The highest BCUT2D eigenvalue weighted by molar-refractivity contribution is 7.14. The van der Waals surface area contributed by atoms with E-state index in [1.54, 1.807) is 0 Å². The molecule has 0 aliphatic heterocycles. The van der Waals surface area contributed by atoms with Gasteiger partial charge in [0, 0.05) is 18.1 Å². The van der Waals surface area contributed by atoms with Gasteiger partial charge in [-0.05, 0) is 19.9 Å². The lowest BCUT2D eigenvalue weighted by atomic mass is 10.2. The van der Waals surface area contributed by atoms with Crippen LogP contribution >= 0.6 is 23.7 Å². The number of rotatable bonds is 5. The number of aromatic nitrogens is 1. The van der Waals surface area contributed by atoms with Crippen molar-refractivity contribution in [2.75, 3.05) is 19.0 Å². The number of nitrogens with one attached hydrogen (secondary N) is 1. The zero-order chi connectivity index (χ0) is 14.7. The number of hydrogen-bond donors (Lipinski definition) is 2. The van der Waals surface area contributed by atoms with Gasteiger partial charge in [0.15, 0.2) is 5.13 Å². The van der Waals surface area contributed by atoms with Crippen molar-refractivity contribution in [2.45, 2.75) is 19.9 Å². The Morgan fingerprint density at radius 2 is 2.29 bits per heavy atom. The molecule has 116 valence electrons. The fourth-order valence-corrected chi connectivity index (χ4v) is 2.51. The molecule has 0 saturated heterocycles. The number of hydrogen-bond acceptors (Lipinski definition) is 6. The van der Waals surface area contributed by atoms with Crippen molar-refractivity contribution in [1.82, 2.24) is 4.98 Å². The molecule has 3 N–H and O–H groups in total. The van der Waals surface area contributed by atoms with Crippen LogP contribution in [0.15, 0.2) is 15.9 Å². The van der Waals surface area contributed by atoms with E-state index in [0.717, 1.165) is 22.8 Å². The summed E-state index contributed by atoms with van der Waals surface area (Å²) in [5.74, 6) is 1.33. The number of anilines is 1. The van der Waals surface area contributed by atoms with Crippen molar-refractivity contribution >= 4 is 34.8 Å². The van der Waals surface area contributed by atoms with Gasteiger partial charge in [-0.15, -0.1) is 23.7 Å². The molecule has 1 atom stereocenters. The molecular formula is C13H18ClN3O3S. The Morgan fingerprint density at radius 3 is 2.86 bits per heavy atom. The molecule has 0 bridgehead atoms. The number of carbonyl (C=O) groups excluding carboxylic acids is 1. The summed E-state index contributed by atoms with van der Waals surface area (Å²) in [6.07, 6.45) is 0. The van der Waals surface area contributed by atoms with Gasteiger partial charge in [-0.1, -0.05) is 0 Å². The Bertz CT molecular complexity index is 612. The first-order valence-corrected chi connectivity index (χ1v) is 6.97. The fraction of sp³-hybridized carbons (Fsp3) is 0.385. The van der Waals surface area contributed by atoms with E-state index in [4.69, 9.17) is 14.9 Å². The Kier molecular flexibility index (Phi) is 6.35. The second-order valence-corrected chi connectivity index (χ2v) is 5.27. The minimum Gasteiger partial charge on any atom is -0.466 e. The molecule has 2 aromatic rings. The number of halogens is 1. The monoisotopic (exact) mass is 331 g/mol. The summed E-state index contributed by atoms with van der Waals surface area (Å²) in [5.41, 5.74) is 7.35. The number of ether oxygens (including phenoxy) is 1. The minimum absolute atomic E-state index is 0. The highest BCUT2D eigenvalue weighted by Crippen LogP contribution is 2.29. The molecule has 0 radical (unpaired) electrons. The van der Waals surface area contributed by atoms with Gasteiger partial charge in [-0.25, -0.2) is 4.98 Å². The molecule has 0 saturated carbocycles. The lowest BCUT2D eigenvalue weighted by Gasteiger charge is -2.08. The number of thiazole rings is 1. The van der Waals surface area contributed by atoms with Crippen molar-refractivity contribution in [3.63, 3.8) is 0 Å². The quantitative estimate of drug-likeness (QED) is 0.877. The highest BCUT2D eigenvalue weighted by atomic mass is 35.5. The van der Waals surface area contributed by atoms with Crippen LogP contribution in [-0.4, -0.2) is 30.6 Å². The fourth-order valence-electron chi connectivity index (χ4n) is 1.79. The predicted octanol–water partition coefficient (Wildman–Crippen LogP) is 2.35. The average Bonchev–Trinajstić information content (AvgIpc) is 2.96. The third kappa shape index (κ3) is 4.28. The molecule has 0 aliphatic carbocycles. The first-order valence-electron chi connectivity index (χ1n) is 6.09. The number of methoxy groups -OCH3 is 1. The van der Waals surface area contributed by atoms with Crippen LogP contribution in [0.25, 0.3) is 11.3 Å². The van der Waals surface area contributed by atoms with Gasteiger partial charge < -0.3 is 20.2 Å². The molecule has 0 aromatic carbocycles. The van der Waals surface area contributed by atoms with Crippen LogP contribution in [0.2, 0.25) is 0 Å². The molecule has 2 aromatic heterocycles. The topological polar surface area (TPSA) is 90.4 Å². The van der Waals surface area contributed by atoms with E-state index in [0.29, 0.717) is 5.13 Å². The van der Waals surface area contributed by atoms with Crippen molar-refractivity contribution in [1.29, 1.82) is 0 Å². The van der Waals surface area contributed by atoms with E-state index in [1.807, 2.05) is 25.3 Å². The van der Waals surface area contributed by atoms with Gasteiger partial charge in [0.2, 0.25) is 5.91 Å². The number of furan rings is 1. The second kappa shape index (κ2) is 7.56. The lowest BCUT2D eigenvalue weighted by Crippen LogP contribution is -2.39. The molecule has 8 heteroatoms. The summed E-state index contributed by atoms with van der Waals surface area (Å²) in [4.78, 5) is 16.1. The summed E-state index contributed by atoms with van der Waals surface area (Å²) in [6.45, 7) is 3.94. The summed E-state index contributed by atoms with van der Waals surface area (Å²) in [6, 6.07) is 1.22. The smallest absolute Gasteiger partial charge is 0.245 e. The first kappa shape index (κ1) is 17.6. The van der Waals surface area contributed by atoms with Gasteiger partial charge in [0.25, 0.3) is 0 Å². The molecular weight excluding hydrogens is 314 g/mol. The average molecular weight is 332 g/mol. The maximum atomic E-state index is 11.8. The largest absolute Gasteiger partial charge is 0.466 e. The Labute approximate surface area is 133 Å². The normalized spacial score (nSPS) is 11.8. The van der Waals surface area contributed by atoms with E-state index in [9.17, 15) is 4.79 Å².